The van der Waals surface area contributed by atoms with Crippen molar-refractivity contribution < 1.29 is 23.5 Å². The Kier molecular flexibility index (Phi) is 6.87. The maximum Gasteiger partial charge on any atom is 0.338 e. The summed E-state index contributed by atoms with van der Waals surface area (Å²) in [5, 5.41) is 5.39. The molecule has 0 saturated heterocycles. The molecule has 1 heterocycles. The van der Waals surface area contributed by atoms with Crippen LogP contribution in [0.5, 0.6) is 0 Å². The van der Waals surface area contributed by atoms with Crippen molar-refractivity contribution in [2.45, 2.75) is 26.7 Å². The number of hydrogen-bond acceptors (Lipinski definition) is 5. The highest BCUT2D eigenvalue weighted by atomic mass is 16.5. The summed E-state index contributed by atoms with van der Waals surface area (Å²) in [6.07, 6.45) is 1.40. The van der Waals surface area contributed by atoms with Crippen LogP contribution in [0.3, 0.4) is 0 Å². The van der Waals surface area contributed by atoms with Crippen LogP contribution < -0.4 is 10.6 Å². The van der Waals surface area contributed by atoms with Gasteiger partial charge in [0.05, 0.1) is 11.8 Å². The standard InChI is InChI=1S/C24H24N2O5/c1-15(2)17-8-10-19(11-9-17)25-22(27)14-31-24(29)18-7-6-16(3)20(13-18)26-23(28)21-5-4-12-30-21/h4-13,15H,14H2,1-3H3,(H,25,27)(H,26,28). The van der Waals surface area contributed by atoms with Crippen LogP contribution in [-0.4, -0.2) is 24.4 Å². The minimum absolute atomic E-state index is 0.158. The van der Waals surface area contributed by atoms with E-state index < -0.39 is 24.4 Å². The highest BCUT2D eigenvalue weighted by Crippen LogP contribution is 2.19. The number of aryl methyl sites for hydroxylation is 1. The van der Waals surface area contributed by atoms with Crippen LogP contribution in [0.15, 0.2) is 65.3 Å². The molecule has 3 aromatic rings. The third-order valence-electron chi connectivity index (χ3n) is 4.66. The SMILES string of the molecule is Cc1ccc(C(=O)OCC(=O)Nc2ccc(C(C)C)cc2)cc1NC(=O)c1ccco1. The molecule has 0 unspecified atom stereocenters. The molecule has 160 valence electrons. The number of benzene rings is 2. The zero-order chi connectivity index (χ0) is 22.4. The van der Waals surface area contributed by atoms with Gasteiger partial charge in [-0.2, -0.15) is 0 Å². The molecular formula is C24H24N2O5. The zero-order valence-corrected chi connectivity index (χ0v) is 17.6. The lowest BCUT2D eigenvalue weighted by atomic mass is 10.0. The minimum atomic E-state index is -0.668. The molecule has 0 spiro atoms. The summed E-state index contributed by atoms with van der Waals surface area (Å²) in [6, 6.07) is 15.4. The second kappa shape index (κ2) is 9.75. The fourth-order valence-electron chi connectivity index (χ4n) is 2.84. The number of rotatable bonds is 7. The summed E-state index contributed by atoms with van der Waals surface area (Å²) >= 11 is 0. The quantitative estimate of drug-likeness (QED) is 0.537. The van der Waals surface area contributed by atoms with E-state index in [1.54, 1.807) is 25.1 Å². The third kappa shape index (κ3) is 5.82. The molecule has 7 nitrogen and oxygen atoms in total. The van der Waals surface area contributed by atoms with Crippen molar-refractivity contribution in [2.75, 3.05) is 17.2 Å². The summed E-state index contributed by atoms with van der Waals surface area (Å²) in [5.41, 5.74) is 3.22. The Labute approximate surface area is 180 Å². The maximum atomic E-state index is 12.4. The number of amides is 2. The van der Waals surface area contributed by atoms with Crippen molar-refractivity contribution in [1.82, 2.24) is 0 Å². The van der Waals surface area contributed by atoms with Gasteiger partial charge in [0, 0.05) is 11.4 Å². The number of ether oxygens (including phenoxy) is 1. The molecule has 0 aliphatic heterocycles. The van der Waals surface area contributed by atoms with Crippen molar-refractivity contribution in [3.8, 4) is 0 Å². The summed E-state index contributed by atoms with van der Waals surface area (Å²) < 4.78 is 10.2. The van der Waals surface area contributed by atoms with Crippen LogP contribution in [0.1, 0.15) is 51.8 Å². The van der Waals surface area contributed by atoms with Crippen LogP contribution in [-0.2, 0) is 9.53 Å². The molecule has 2 aromatic carbocycles. The van der Waals surface area contributed by atoms with Crippen LogP contribution >= 0.6 is 0 Å². The molecule has 0 saturated carbocycles. The first-order valence-electron chi connectivity index (χ1n) is 9.86. The lowest BCUT2D eigenvalue weighted by molar-refractivity contribution is -0.119. The van der Waals surface area contributed by atoms with Crippen molar-refractivity contribution in [3.05, 3.63) is 83.3 Å². The average molecular weight is 420 g/mol. The molecule has 2 amide bonds. The summed E-state index contributed by atoms with van der Waals surface area (Å²) in [5.74, 6) is -0.983. The van der Waals surface area contributed by atoms with Crippen LogP contribution in [0, 0.1) is 6.92 Å². The Balaban J connectivity index is 1.57. The molecule has 0 fully saturated rings. The molecule has 0 aliphatic rings. The molecule has 0 aliphatic carbocycles. The fourth-order valence-corrected chi connectivity index (χ4v) is 2.84. The van der Waals surface area contributed by atoms with Crippen molar-refractivity contribution >= 4 is 29.2 Å². The van der Waals surface area contributed by atoms with Crippen molar-refractivity contribution in [2.24, 2.45) is 0 Å². The van der Waals surface area contributed by atoms with E-state index in [1.165, 1.54) is 24.0 Å². The predicted molar refractivity (Wildman–Crippen MR) is 117 cm³/mol. The maximum absolute atomic E-state index is 12.4. The Morgan fingerprint density at radius 3 is 2.39 bits per heavy atom. The number of esters is 1. The van der Waals surface area contributed by atoms with Gasteiger partial charge in [-0.1, -0.05) is 32.0 Å². The van der Waals surface area contributed by atoms with Crippen molar-refractivity contribution in [3.63, 3.8) is 0 Å². The van der Waals surface area contributed by atoms with E-state index in [0.717, 1.165) is 5.56 Å². The highest BCUT2D eigenvalue weighted by molar-refractivity contribution is 6.03. The van der Waals surface area contributed by atoms with Crippen LogP contribution in [0.25, 0.3) is 0 Å². The zero-order valence-electron chi connectivity index (χ0n) is 17.6. The van der Waals surface area contributed by atoms with Crippen molar-refractivity contribution in [1.29, 1.82) is 0 Å². The Hall–Kier alpha value is -3.87. The van der Waals surface area contributed by atoms with Gasteiger partial charge in [0.15, 0.2) is 12.4 Å². The first-order valence-corrected chi connectivity index (χ1v) is 9.86. The smallest absolute Gasteiger partial charge is 0.338 e. The lowest BCUT2D eigenvalue weighted by Gasteiger charge is -2.11. The molecular weight excluding hydrogens is 396 g/mol. The second-order valence-corrected chi connectivity index (χ2v) is 7.36. The average Bonchev–Trinajstić information content (AvgIpc) is 3.29. The van der Waals surface area contributed by atoms with E-state index in [9.17, 15) is 14.4 Å². The molecule has 0 radical (unpaired) electrons. The van der Waals surface area contributed by atoms with Gasteiger partial charge in [-0.25, -0.2) is 4.79 Å². The second-order valence-electron chi connectivity index (χ2n) is 7.36. The van der Waals surface area contributed by atoms with Crippen LogP contribution in [0.4, 0.5) is 11.4 Å². The van der Waals surface area contributed by atoms with E-state index in [2.05, 4.69) is 24.5 Å². The normalized spacial score (nSPS) is 10.6. The Morgan fingerprint density at radius 2 is 1.74 bits per heavy atom. The Bertz CT molecular complexity index is 1070. The molecule has 1 aromatic heterocycles. The molecule has 0 bridgehead atoms. The lowest BCUT2D eigenvalue weighted by Crippen LogP contribution is -2.21. The first kappa shape index (κ1) is 21.8. The number of hydrogen-bond donors (Lipinski definition) is 2. The largest absolute Gasteiger partial charge is 0.459 e. The van der Waals surface area contributed by atoms with Gasteiger partial charge in [0.1, 0.15) is 0 Å². The number of carbonyl (C=O) groups excluding carboxylic acids is 3. The number of anilines is 2. The van der Waals surface area contributed by atoms with E-state index in [4.69, 9.17) is 9.15 Å². The van der Waals surface area contributed by atoms with E-state index >= 15 is 0 Å². The van der Waals surface area contributed by atoms with E-state index in [-0.39, 0.29) is 11.3 Å². The van der Waals surface area contributed by atoms with Gasteiger partial charge in [0.2, 0.25) is 0 Å². The number of nitrogens with one attached hydrogen (secondary N) is 2. The monoisotopic (exact) mass is 420 g/mol. The van der Waals surface area contributed by atoms with Gasteiger partial charge >= 0.3 is 5.97 Å². The molecule has 7 heteroatoms. The number of furan rings is 1. The van der Waals surface area contributed by atoms with Gasteiger partial charge in [-0.05, 0) is 60.4 Å². The van der Waals surface area contributed by atoms with E-state index in [0.29, 0.717) is 17.3 Å². The summed E-state index contributed by atoms with van der Waals surface area (Å²) in [4.78, 5) is 36.7. The van der Waals surface area contributed by atoms with E-state index in [1.807, 2.05) is 24.3 Å². The number of carbonyl (C=O) groups is 3. The predicted octanol–water partition coefficient (Wildman–Crippen LogP) is 4.76. The van der Waals surface area contributed by atoms with Crippen LogP contribution in [0.2, 0.25) is 0 Å². The molecule has 31 heavy (non-hydrogen) atoms. The minimum Gasteiger partial charge on any atom is -0.459 e. The first-order chi connectivity index (χ1) is 14.8. The highest BCUT2D eigenvalue weighted by Gasteiger charge is 2.15. The summed E-state index contributed by atoms with van der Waals surface area (Å²) in [6.45, 7) is 5.55. The summed E-state index contributed by atoms with van der Waals surface area (Å²) in [7, 11) is 0. The Morgan fingerprint density at radius 1 is 1.00 bits per heavy atom. The van der Waals surface area contributed by atoms with Gasteiger partial charge in [-0.15, -0.1) is 0 Å². The molecule has 0 atom stereocenters. The van der Waals surface area contributed by atoms with Gasteiger partial charge in [0.25, 0.3) is 11.8 Å². The third-order valence-corrected chi connectivity index (χ3v) is 4.66. The molecule has 3 rings (SSSR count). The fraction of sp³-hybridized carbons (Fsp3) is 0.208. The molecule has 2 N–H and O–H groups in total. The van der Waals surface area contributed by atoms with Gasteiger partial charge in [-0.3, -0.25) is 9.59 Å². The van der Waals surface area contributed by atoms with Gasteiger partial charge < -0.3 is 19.8 Å². The topological polar surface area (TPSA) is 97.6 Å².